The van der Waals surface area contributed by atoms with Crippen LogP contribution in [0.4, 0.5) is 5.69 Å². The van der Waals surface area contributed by atoms with Gasteiger partial charge in [-0.25, -0.2) is 13.2 Å². The van der Waals surface area contributed by atoms with E-state index in [0.29, 0.717) is 16.8 Å². The van der Waals surface area contributed by atoms with Crippen molar-refractivity contribution < 1.29 is 17.9 Å². The molecule has 0 radical (unpaired) electrons. The van der Waals surface area contributed by atoms with E-state index in [1.165, 1.54) is 6.07 Å². The van der Waals surface area contributed by atoms with Gasteiger partial charge in [0.25, 0.3) is 10.0 Å². The Morgan fingerprint density at radius 1 is 1.04 bits per heavy atom. The fourth-order valence-corrected chi connectivity index (χ4v) is 3.72. The minimum absolute atomic E-state index is 0.225. The number of anilines is 1. The van der Waals surface area contributed by atoms with Gasteiger partial charge in [-0.15, -0.1) is 0 Å². The van der Waals surface area contributed by atoms with Gasteiger partial charge in [0.1, 0.15) is 0 Å². The summed E-state index contributed by atoms with van der Waals surface area (Å²) in [5.41, 5.74) is 2.91. The number of hydrogen-bond donors (Lipinski definition) is 1. The van der Waals surface area contributed by atoms with Crippen LogP contribution in [0.2, 0.25) is 0 Å². The number of sulfonamides is 1. The third-order valence-electron chi connectivity index (χ3n) is 3.63. The summed E-state index contributed by atoms with van der Waals surface area (Å²) in [6.45, 7) is 7.34. The summed E-state index contributed by atoms with van der Waals surface area (Å²) in [6.07, 6.45) is 0. The van der Waals surface area contributed by atoms with Gasteiger partial charge in [-0.2, -0.15) is 0 Å². The highest BCUT2D eigenvalue weighted by molar-refractivity contribution is 7.92. The molecule has 0 heterocycles. The number of nitrogens with one attached hydrogen (secondary N) is 1. The maximum Gasteiger partial charge on any atom is 0.338 e. The van der Waals surface area contributed by atoms with Crippen LogP contribution in [0.15, 0.2) is 41.3 Å². The highest BCUT2D eigenvalue weighted by Crippen LogP contribution is 2.24. The van der Waals surface area contributed by atoms with Crippen molar-refractivity contribution in [2.45, 2.75) is 32.6 Å². The first-order chi connectivity index (χ1) is 11.2. The first-order valence-corrected chi connectivity index (χ1v) is 9.10. The molecule has 0 aliphatic rings. The van der Waals surface area contributed by atoms with Gasteiger partial charge in [-0.05, 0) is 62.6 Å². The summed E-state index contributed by atoms with van der Waals surface area (Å²) in [5.74, 6) is -0.482. The molecule has 0 unspecified atom stereocenters. The van der Waals surface area contributed by atoms with E-state index in [1.807, 2.05) is 13.0 Å². The van der Waals surface area contributed by atoms with Crippen molar-refractivity contribution in [3.63, 3.8) is 0 Å². The Kier molecular flexibility index (Phi) is 5.29. The van der Waals surface area contributed by atoms with Crippen molar-refractivity contribution in [3.8, 4) is 0 Å². The molecule has 2 aromatic rings. The van der Waals surface area contributed by atoms with Gasteiger partial charge in [-0.3, -0.25) is 4.72 Å². The Morgan fingerprint density at radius 3 is 2.38 bits per heavy atom. The second-order valence-corrected chi connectivity index (χ2v) is 7.28. The Bertz CT molecular complexity index is 873. The molecule has 2 aromatic carbocycles. The predicted molar refractivity (Wildman–Crippen MR) is 93.9 cm³/mol. The number of benzene rings is 2. The summed E-state index contributed by atoms with van der Waals surface area (Å²) in [5, 5.41) is 0. The van der Waals surface area contributed by atoms with Gasteiger partial charge < -0.3 is 4.74 Å². The van der Waals surface area contributed by atoms with Crippen molar-refractivity contribution in [1.82, 2.24) is 0 Å². The lowest BCUT2D eigenvalue weighted by molar-refractivity contribution is 0.0526. The zero-order valence-electron chi connectivity index (χ0n) is 14.2. The number of carbonyl (C=O) groups excluding carboxylic acids is 1. The molecule has 0 aliphatic carbocycles. The zero-order valence-corrected chi connectivity index (χ0v) is 15.0. The molecule has 0 atom stereocenters. The highest BCUT2D eigenvalue weighted by atomic mass is 32.2. The van der Waals surface area contributed by atoms with Crippen molar-refractivity contribution in [1.29, 1.82) is 0 Å². The van der Waals surface area contributed by atoms with Crippen LogP contribution in [0.5, 0.6) is 0 Å². The van der Waals surface area contributed by atoms with E-state index in [4.69, 9.17) is 4.74 Å². The quantitative estimate of drug-likeness (QED) is 0.839. The highest BCUT2D eigenvalue weighted by Gasteiger charge is 2.19. The Hall–Kier alpha value is -2.34. The summed E-state index contributed by atoms with van der Waals surface area (Å²) in [4.78, 5) is 12.1. The monoisotopic (exact) mass is 347 g/mol. The second-order valence-electron chi connectivity index (χ2n) is 5.62. The Balaban J connectivity index is 2.41. The SMILES string of the molecule is CCOC(=O)c1ccc(C)c(NS(=O)(=O)c2cc(C)ccc2C)c1. The number of ether oxygens (including phenoxy) is 1. The molecule has 0 amide bonds. The minimum Gasteiger partial charge on any atom is -0.462 e. The first-order valence-electron chi connectivity index (χ1n) is 7.62. The van der Waals surface area contributed by atoms with Gasteiger partial charge >= 0.3 is 5.97 Å². The first kappa shape index (κ1) is 18.0. The van der Waals surface area contributed by atoms with E-state index in [2.05, 4.69) is 4.72 Å². The lowest BCUT2D eigenvalue weighted by Gasteiger charge is -2.14. The molecule has 6 heteroatoms. The van der Waals surface area contributed by atoms with E-state index >= 15 is 0 Å². The molecule has 0 aromatic heterocycles. The standard InChI is InChI=1S/C18H21NO4S/c1-5-23-18(20)15-9-8-13(3)16(11-15)19-24(21,22)17-10-12(2)6-7-14(17)4/h6-11,19H,5H2,1-4H3. The summed E-state index contributed by atoms with van der Waals surface area (Å²) >= 11 is 0. The maximum atomic E-state index is 12.7. The van der Waals surface area contributed by atoms with E-state index in [9.17, 15) is 13.2 Å². The summed E-state index contributed by atoms with van der Waals surface area (Å²) in [7, 11) is -3.75. The van der Waals surface area contributed by atoms with Crippen LogP contribution in [0.25, 0.3) is 0 Å². The molecule has 0 aliphatic heterocycles. The van der Waals surface area contributed by atoms with Gasteiger partial charge in [0.15, 0.2) is 0 Å². The molecule has 5 nitrogen and oxygen atoms in total. The number of rotatable bonds is 5. The molecule has 1 N–H and O–H groups in total. The number of aryl methyl sites for hydroxylation is 3. The fraction of sp³-hybridized carbons (Fsp3) is 0.278. The average Bonchev–Trinajstić information content (AvgIpc) is 2.51. The topological polar surface area (TPSA) is 72.5 Å². The van der Waals surface area contributed by atoms with Crippen molar-refractivity contribution in [2.24, 2.45) is 0 Å². The lowest BCUT2D eigenvalue weighted by Crippen LogP contribution is -2.16. The molecular formula is C18H21NO4S. The van der Waals surface area contributed by atoms with Gasteiger partial charge in [-0.1, -0.05) is 18.2 Å². The third-order valence-corrected chi connectivity index (χ3v) is 5.13. The number of esters is 1. The van der Waals surface area contributed by atoms with Crippen molar-refractivity contribution >= 4 is 21.7 Å². The molecular weight excluding hydrogens is 326 g/mol. The van der Waals surface area contributed by atoms with Crippen LogP contribution in [0.3, 0.4) is 0 Å². The van der Waals surface area contributed by atoms with Crippen LogP contribution < -0.4 is 4.72 Å². The summed E-state index contributed by atoms with van der Waals surface area (Å²) in [6, 6.07) is 10.1. The zero-order chi connectivity index (χ0) is 17.9. The van der Waals surface area contributed by atoms with Crippen LogP contribution in [0.1, 0.15) is 34.0 Å². The van der Waals surface area contributed by atoms with Crippen molar-refractivity contribution in [2.75, 3.05) is 11.3 Å². The average molecular weight is 347 g/mol. The molecule has 0 saturated carbocycles. The molecule has 0 fully saturated rings. The van der Waals surface area contributed by atoms with Crippen LogP contribution in [-0.4, -0.2) is 21.0 Å². The smallest absolute Gasteiger partial charge is 0.338 e. The Morgan fingerprint density at radius 2 is 1.71 bits per heavy atom. The van der Waals surface area contributed by atoms with Gasteiger partial charge in [0.05, 0.1) is 22.8 Å². The van der Waals surface area contributed by atoms with Crippen LogP contribution in [-0.2, 0) is 14.8 Å². The summed E-state index contributed by atoms with van der Waals surface area (Å²) < 4.78 is 32.9. The molecule has 0 saturated heterocycles. The molecule has 0 bridgehead atoms. The van der Waals surface area contributed by atoms with E-state index in [1.54, 1.807) is 45.0 Å². The number of carbonyl (C=O) groups is 1. The van der Waals surface area contributed by atoms with Crippen molar-refractivity contribution in [3.05, 3.63) is 58.7 Å². The fourth-order valence-electron chi connectivity index (χ4n) is 2.27. The van der Waals surface area contributed by atoms with Gasteiger partial charge in [0.2, 0.25) is 0 Å². The van der Waals surface area contributed by atoms with Gasteiger partial charge in [0, 0.05) is 0 Å². The lowest BCUT2D eigenvalue weighted by atomic mass is 10.1. The molecule has 0 spiro atoms. The Labute approximate surface area is 142 Å². The largest absolute Gasteiger partial charge is 0.462 e. The number of hydrogen-bond acceptors (Lipinski definition) is 4. The van der Waals surface area contributed by atoms with E-state index < -0.39 is 16.0 Å². The van der Waals surface area contributed by atoms with Crippen LogP contribution in [0, 0.1) is 20.8 Å². The second kappa shape index (κ2) is 7.05. The predicted octanol–water partition coefficient (Wildman–Crippen LogP) is 3.59. The van der Waals surface area contributed by atoms with Crippen LogP contribution >= 0.6 is 0 Å². The molecule has 128 valence electrons. The van der Waals surface area contributed by atoms with E-state index in [-0.39, 0.29) is 11.5 Å². The molecule has 24 heavy (non-hydrogen) atoms. The third kappa shape index (κ3) is 3.94. The normalized spacial score (nSPS) is 11.2. The minimum atomic E-state index is -3.75. The van der Waals surface area contributed by atoms with E-state index in [0.717, 1.165) is 11.1 Å². The maximum absolute atomic E-state index is 12.7. The molecule has 2 rings (SSSR count).